The third-order valence-electron chi connectivity index (χ3n) is 1.97. The fourth-order valence-corrected chi connectivity index (χ4v) is 1.17. The molecule has 1 aliphatic heterocycles. The Bertz CT molecular complexity index is 231. The Morgan fingerprint density at radius 1 is 1.33 bits per heavy atom. The smallest absolute Gasteiger partial charge is 0.0826 e. The van der Waals surface area contributed by atoms with Crippen LogP contribution in [0.1, 0.15) is 6.42 Å². The topological polar surface area (TPSA) is 24.6 Å². The maximum Gasteiger partial charge on any atom is 0.0826 e. The zero-order chi connectivity index (χ0) is 8.23. The van der Waals surface area contributed by atoms with Gasteiger partial charge in [-0.1, -0.05) is 18.2 Å². The van der Waals surface area contributed by atoms with Crippen LogP contribution in [0.25, 0.3) is 0 Å². The molecule has 2 heteroatoms. The lowest BCUT2D eigenvalue weighted by Gasteiger charge is -2.03. The average molecular weight is 163 g/mol. The van der Waals surface area contributed by atoms with Crippen molar-refractivity contribution in [2.24, 2.45) is 0 Å². The predicted molar refractivity (Wildman–Crippen MR) is 49.3 cm³/mol. The molecule has 0 saturated carbocycles. The summed E-state index contributed by atoms with van der Waals surface area (Å²) in [6, 6.07) is 10.3. The van der Waals surface area contributed by atoms with Crippen LogP contribution in [0.3, 0.4) is 0 Å². The van der Waals surface area contributed by atoms with Crippen LogP contribution < -0.4 is 5.32 Å². The lowest BCUT2D eigenvalue weighted by molar-refractivity contribution is 0.401. The van der Waals surface area contributed by atoms with E-state index in [0.717, 1.165) is 19.6 Å². The van der Waals surface area contributed by atoms with Crippen LogP contribution in [0.2, 0.25) is 0 Å². The second-order valence-electron chi connectivity index (χ2n) is 3.04. The van der Waals surface area contributed by atoms with Gasteiger partial charge in [-0.25, -0.2) is 0 Å². The number of anilines is 1. The highest BCUT2D eigenvalue weighted by molar-refractivity contribution is 5.42. The molecule has 1 aromatic rings. The molecule has 12 heavy (non-hydrogen) atoms. The maximum atomic E-state index is 5.11. The molecule has 2 nitrogen and oxygen atoms in total. The summed E-state index contributed by atoms with van der Waals surface area (Å²) in [6.45, 7) is 1.96. The number of hydrogen-bond acceptors (Lipinski definition) is 2. The number of rotatable bonds is 4. The van der Waals surface area contributed by atoms with Crippen molar-refractivity contribution in [1.82, 2.24) is 0 Å². The summed E-state index contributed by atoms with van der Waals surface area (Å²) in [5, 5.41) is 3.34. The lowest BCUT2D eigenvalue weighted by atomic mass is 10.3. The van der Waals surface area contributed by atoms with Gasteiger partial charge in [-0.3, -0.25) is 0 Å². The first kappa shape index (κ1) is 7.62. The summed E-state index contributed by atoms with van der Waals surface area (Å²) >= 11 is 0. The van der Waals surface area contributed by atoms with Gasteiger partial charge < -0.3 is 10.1 Å². The Kier molecular flexibility index (Phi) is 2.28. The van der Waals surface area contributed by atoms with Crippen molar-refractivity contribution in [1.29, 1.82) is 0 Å². The number of para-hydroxylation sites is 1. The first-order valence-electron chi connectivity index (χ1n) is 4.36. The standard InChI is InChI=1S/C10H13NO/c1-2-4-9(5-3-1)11-7-6-10-8-12-10/h1-5,10-11H,6-8H2. The van der Waals surface area contributed by atoms with Crippen molar-refractivity contribution in [3.05, 3.63) is 30.3 Å². The summed E-state index contributed by atoms with van der Waals surface area (Å²) in [5.41, 5.74) is 1.19. The Balaban J connectivity index is 1.72. The van der Waals surface area contributed by atoms with E-state index >= 15 is 0 Å². The third kappa shape index (κ3) is 2.24. The summed E-state index contributed by atoms with van der Waals surface area (Å²) in [6.07, 6.45) is 1.65. The Morgan fingerprint density at radius 3 is 2.75 bits per heavy atom. The van der Waals surface area contributed by atoms with Gasteiger partial charge in [-0.2, -0.15) is 0 Å². The SMILES string of the molecule is c1ccc(NCCC2CO2)cc1. The van der Waals surface area contributed by atoms with Crippen molar-refractivity contribution in [3.63, 3.8) is 0 Å². The van der Waals surface area contributed by atoms with Gasteiger partial charge >= 0.3 is 0 Å². The van der Waals surface area contributed by atoms with Crippen molar-refractivity contribution < 1.29 is 4.74 Å². The fourth-order valence-electron chi connectivity index (χ4n) is 1.17. The van der Waals surface area contributed by atoms with E-state index in [4.69, 9.17) is 4.74 Å². The van der Waals surface area contributed by atoms with Gasteiger partial charge in [-0.05, 0) is 18.6 Å². The molecular weight excluding hydrogens is 150 g/mol. The molecule has 0 aliphatic carbocycles. The van der Waals surface area contributed by atoms with Gasteiger partial charge in [0, 0.05) is 12.2 Å². The van der Waals surface area contributed by atoms with Crippen LogP contribution in [0.5, 0.6) is 0 Å². The van der Waals surface area contributed by atoms with E-state index in [1.807, 2.05) is 18.2 Å². The molecule has 1 N–H and O–H groups in total. The largest absolute Gasteiger partial charge is 0.385 e. The summed E-state index contributed by atoms with van der Waals surface area (Å²) in [7, 11) is 0. The molecule has 1 fully saturated rings. The highest BCUT2D eigenvalue weighted by Crippen LogP contribution is 2.13. The first-order valence-corrected chi connectivity index (χ1v) is 4.36. The van der Waals surface area contributed by atoms with E-state index in [9.17, 15) is 0 Å². The molecule has 1 unspecified atom stereocenters. The highest BCUT2D eigenvalue weighted by Gasteiger charge is 2.20. The van der Waals surface area contributed by atoms with Gasteiger partial charge in [0.1, 0.15) is 0 Å². The Hall–Kier alpha value is -1.02. The van der Waals surface area contributed by atoms with E-state index in [1.165, 1.54) is 5.69 Å². The van der Waals surface area contributed by atoms with Crippen LogP contribution in [-0.4, -0.2) is 19.3 Å². The fraction of sp³-hybridized carbons (Fsp3) is 0.400. The molecule has 0 radical (unpaired) electrons. The van der Waals surface area contributed by atoms with Crippen LogP contribution in [0.4, 0.5) is 5.69 Å². The van der Waals surface area contributed by atoms with Gasteiger partial charge in [0.25, 0.3) is 0 Å². The van der Waals surface area contributed by atoms with E-state index in [2.05, 4.69) is 17.4 Å². The van der Waals surface area contributed by atoms with Crippen molar-refractivity contribution in [2.45, 2.75) is 12.5 Å². The minimum atomic E-state index is 0.529. The highest BCUT2D eigenvalue weighted by atomic mass is 16.6. The first-order chi connectivity index (χ1) is 5.95. The van der Waals surface area contributed by atoms with Crippen LogP contribution in [0, 0.1) is 0 Å². The molecule has 0 spiro atoms. The number of epoxide rings is 1. The van der Waals surface area contributed by atoms with Gasteiger partial charge in [0.05, 0.1) is 12.7 Å². The second kappa shape index (κ2) is 3.59. The van der Waals surface area contributed by atoms with Crippen molar-refractivity contribution in [3.8, 4) is 0 Å². The van der Waals surface area contributed by atoms with Crippen LogP contribution in [-0.2, 0) is 4.74 Å². The molecule has 64 valence electrons. The maximum absolute atomic E-state index is 5.11. The molecule has 1 atom stereocenters. The summed E-state index contributed by atoms with van der Waals surface area (Å²) in [5.74, 6) is 0. The van der Waals surface area contributed by atoms with E-state index < -0.39 is 0 Å². The molecular formula is C10H13NO. The zero-order valence-electron chi connectivity index (χ0n) is 6.99. The van der Waals surface area contributed by atoms with Crippen molar-refractivity contribution >= 4 is 5.69 Å². The minimum absolute atomic E-state index is 0.529. The predicted octanol–water partition coefficient (Wildman–Crippen LogP) is 1.89. The second-order valence-corrected chi connectivity index (χ2v) is 3.04. The average Bonchev–Trinajstić information content (AvgIpc) is 2.90. The Morgan fingerprint density at radius 2 is 2.08 bits per heavy atom. The molecule has 1 aliphatic rings. The molecule has 2 rings (SSSR count). The summed E-state index contributed by atoms with van der Waals surface area (Å²) < 4.78 is 5.11. The molecule has 0 bridgehead atoms. The molecule has 1 saturated heterocycles. The molecule has 0 amide bonds. The zero-order valence-corrected chi connectivity index (χ0v) is 6.99. The number of nitrogens with one attached hydrogen (secondary N) is 1. The van der Waals surface area contributed by atoms with Crippen molar-refractivity contribution in [2.75, 3.05) is 18.5 Å². The molecule has 1 heterocycles. The third-order valence-corrected chi connectivity index (χ3v) is 1.97. The molecule has 0 aromatic heterocycles. The minimum Gasteiger partial charge on any atom is -0.385 e. The van der Waals surface area contributed by atoms with E-state index in [-0.39, 0.29) is 0 Å². The van der Waals surface area contributed by atoms with Crippen LogP contribution >= 0.6 is 0 Å². The van der Waals surface area contributed by atoms with Crippen LogP contribution in [0.15, 0.2) is 30.3 Å². The lowest BCUT2D eigenvalue weighted by Crippen LogP contribution is -2.03. The van der Waals surface area contributed by atoms with Gasteiger partial charge in [0.15, 0.2) is 0 Å². The number of hydrogen-bond donors (Lipinski definition) is 1. The molecule has 1 aromatic carbocycles. The normalized spacial score (nSPS) is 20.5. The van der Waals surface area contributed by atoms with E-state index in [1.54, 1.807) is 0 Å². The Labute approximate surface area is 72.5 Å². The van der Waals surface area contributed by atoms with Gasteiger partial charge in [-0.15, -0.1) is 0 Å². The monoisotopic (exact) mass is 163 g/mol. The quantitative estimate of drug-likeness (QED) is 0.685. The number of ether oxygens (including phenoxy) is 1. The number of benzene rings is 1. The summed E-state index contributed by atoms with van der Waals surface area (Å²) in [4.78, 5) is 0. The van der Waals surface area contributed by atoms with E-state index in [0.29, 0.717) is 6.10 Å². The van der Waals surface area contributed by atoms with Gasteiger partial charge in [0.2, 0.25) is 0 Å².